The summed E-state index contributed by atoms with van der Waals surface area (Å²) >= 11 is 0. The van der Waals surface area contributed by atoms with Crippen LogP contribution in [0.4, 0.5) is 0 Å². The Balaban J connectivity index is 1.30. The molecule has 2 saturated heterocycles. The van der Waals surface area contributed by atoms with E-state index >= 15 is 0 Å². The summed E-state index contributed by atoms with van der Waals surface area (Å²) in [5.74, 6) is 0.131. The van der Waals surface area contributed by atoms with Crippen molar-refractivity contribution in [3.8, 4) is 0 Å². The van der Waals surface area contributed by atoms with Crippen LogP contribution < -0.4 is 0 Å². The molecular formula is C42H72O15. The molecule has 0 unspecified atom stereocenters. The highest BCUT2D eigenvalue weighted by Gasteiger charge is 2.70. The van der Waals surface area contributed by atoms with Crippen molar-refractivity contribution in [3.05, 3.63) is 11.6 Å². The van der Waals surface area contributed by atoms with Gasteiger partial charge in [0.05, 0.1) is 45.2 Å². The molecule has 6 rings (SSSR count). The molecule has 15 nitrogen and oxygen atoms in total. The molecule has 2 heterocycles. The molecule has 0 spiro atoms. The van der Waals surface area contributed by atoms with E-state index in [0.717, 1.165) is 44.1 Å². The van der Waals surface area contributed by atoms with Crippen molar-refractivity contribution in [2.24, 2.45) is 44.8 Å². The SMILES string of the molecule is C/C(=C/CC[C@@]1(CO)CC[C@]2(C)[C@H](CC[C@@H]3[C@@]4(C)CC[C@H](O[C@@H]5O[C@H](CO)[C@@H](O)[C@H](O)[C@H]5O)[C@@](C)(CO[C@@H]5O[C@H](CO)[C@@H](O)[C@H](O)[C@H]5O)[C@@H]4CC[C@]32C)[C@H]1O)CO. The van der Waals surface area contributed by atoms with E-state index in [1.807, 2.05) is 19.9 Å². The Kier molecular flexibility index (Phi) is 13.7. The van der Waals surface area contributed by atoms with Crippen LogP contribution in [0.25, 0.3) is 0 Å². The first kappa shape index (κ1) is 45.7. The zero-order chi connectivity index (χ0) is 41.9. The Morgan fingerprint density at radius 1 is 0.667 bits per heavy atom. The molecule has 0 aromatic carbocycles. The Morgan fingerprint density at radius 3 is 1.88 bits per heavy atom. The maximum atomic E-state index is 12.2. The van der Waals surface area contributed by atoms with E-state index < -0.39 is 97.7 Å². The van der Waals surface area contributed by atoms with Gasteiger partial charge in [-0.25, -0.2) is 0 Å². The Labute approximate surface area is 336 Å². The van der Waals surface area contributed by atoms with Gasteiger partial charge in [0.15, 0.2) is 12.6 Å². The molecule has 0 aromatic rings. The zero-order valence-electron chi connectivity index (χ0n) is 34.4. The van der Waals surface area contributed by atoms with Gasteiger partial charge in [-0.1, -0.05) is 39.3 Å². The first-order chi connectivity index (χ1) is 26.8. The molecule has 11 N–H and O–H groups in total. The maximum absolute atomic E-state index is 12.2. The third-order valence-electron chi connectivity index (χ3n) is 17.1. The van der Waals surface area contributed by atoms with Gasteiger partial charge in [-0.15, -0.1) is 0 Å². The lowest BCUT2D eigenvalue weighted by Crippen LogP contribution is -2.69. The molecule has 330 valence electrons. The van der Waals surface area contributed by atoms with E-state index in [1.54, 1.807) is 0 Å². The molecule has 6 fully saturated rings. The predicted octanol–water partition coefficient (Wildman–Crippen LogP) is 0.0954. The number of rotatable bonds is 12. The van der Waals surface area contributed by atoms with E-state index in [0.29, 0.717) is 25.7 Å². The van der Waals surface area contributed by atoms with Crippen LogP contribution in [0.15, 0.2) is 11.6 Å². The molecule has 57 heavy (non-hydrogen) atoms. The van der Waals surface area contributed by atoms with Gasteiger partial charge in [0, 0.05) is 10.8 Å². The Bertz CT molecular complexity index is 1400. The molecule has 20 atom stereocenters. The van der Waals surface area contributed by atoms with Crippen LogP contribution in [0.5, 0.6) is 0 Å². The van der Waals surface area contributed by atoms with Crippen LogP contribution >= 0.6 is 0 Å². The lowest BCUT2D eigenvalue weighted by atomic mass is 9.33. The first-order valence-corrected chi connectivity index (χ1v) is 21.3. The summed E-state index contributed by atoms with van der Waals surface area (Å²) in [4.78, 5) is 0. The minimum atomic E-state index is -1.63. The quantitative estimate of drug-likeness (QED) is 0.0922. The number of hydrogen-bond donors (Lipinski definition) is 11. The molecule has 15 heteroatoms. The molecular weight excluding hydrogens is 744 g/mol. The summed E-state index contributed by atoms with van der Waals surface area (Å²) in [6.45, 7) is 9.55. The van der Waals surface area contributed by atoms with Gasteiger partial charge in [0.1, 0.15) is 48.8 Å². The van der Waals surface area contributed by atoms with Crippen molar-refractivity contribution in [1.82, 2.24) is 0 Å². The lowest BCUT2D eigenvalue weighted by Gasteiger charge is -2.72. The van der Waals surface area contributed by atoms with Gasteiger partial charge in [0.2, 0.25) is 0 Å². The molecule has 0 bridgehead atoms. The van der Waals surface area contributed by atoms with E-state index in [-0.39, 0.29) is 53.8 Å². The summed E-state index contributed by atoms with van der Waals surface area (Å²) in [5, 5.41) is 116. The van der Waals surface area contributed by atoms with Crippen LogP contribution in [-0.2, 0) is 18.9 Å². The van der Waals surface area contributed by atoms with Crippen molar-refractivity contribution >= 4 is 0 Å². The minimum Gasteiger partial charge on any atom is -0.396 e. The standard InChI is InChI=1S/C42H72O15/c1-22(17-43)7-6-12-42(20-46)16-15-40(4)23(35(42)53)8-9-27-38(2)13-11-28(57-37-34(52)32(50)30(48)25(19-45)56-37)39(3,26(38)10-14-41(27,40)5)21-54-36-33(51)31(49)29(47)24(18-44)55-36/h7,23-37,43-53H,6,8-21H2,1-5H3/b22-7-/t23-,24-,25-,26-,27-,28+,29-,30-,31+,32+,33-,34-,35-,36-,37+,38+,39+,40-,41-,42+/m1/s1. The van der Waals surface area contributed by atoms with Gasteiger partial charge >= 0.3 is 0 Å². The number of aliphatic hydroxyl groups excluding tert-OH is 11. The van der Waals surface area contributed by atoms with Crippen LogP contribution in [0.3, 0.4) is 0 Å². The van der Waals surface area contributed by atoms with Crippen LogP contribution in [0.1, 0.15) is 98.8 Å². The third kappa shape index (κ3) is 7.49. The average Bonchev–Trinajstić information content (AvgIpc) is 3.19. The highest BCUT2D eigenvalue weighted by molar-refractivity contribution is 5.19. The lowest BCUT2D eigenvalue weighted by molar-refractivity contribution is -0.346. The van der Waals surface area contributed by atoms with Gasteiger partial charge in [-0.05, 0) is 105 Å². The second kappa shape index (κ2) is 17.1. The Morgan fingerprint density at radius 2 is 1.28 bits per heavy atom. The molecule has 0 amide bonds. The maximum Gasteiger partial charge on any atom is 0.186 e. The number of fused-ring (bicyclic) bond motifs is 5. The Hall–Kier alpha value is -0.860. The molecule has 6 aliphatic rings. The minimum absolute atomic E-state index is 0.0190. The van der Waals surface area contributed by atoms with Gasteiger partial charge in [-0.3, -0.25) is 0 Å². The highest BCUT2D eigenvalue weighted by atomic mass is 16.7. The number of aliphatic hydroxyl groups is 11. The van der Waals surface area contributed by atoms with Crippen molar-refractivity contribution in [1.29, 1.82) is 0 Å². The van der Waals surface area contributed by atoms with E-state index in [4.69, 9.17) is 18.9 Å². The number of ether oxygens (including phenoxy) is 4. The van der Waals surface area contributed by atoms with Gasteiger partial charge < -0.3 is 75.1 Å². The third-order valence-corrected chi connectivity index (χ3v) is 17.1. The van der Waals surface area contributed by atoms with Crippen molar-refractivity contribution in [2.45, 2.75) is 172 Å². The van der Waals surface area contributed by atoms with Crippen LogP contribution in [0, 0.1) is 44.8 Å². The summed E-state index contributed by atoms with van der Waals surface area (Å²) in [5.41, 5.74) is -1.31. The summed E-state index contributed by atoms with van der Waals surface area (Å²) in [7, 11) is 0. The first-order valence-electron chi connectivity index (χ1n) is 21.3. The smallest absolute Gasteiger partial charge is 0.186 e. The molecule has 0 aromatic heterocycles. The zero-order valence-corrected chi connectivity index (χ0v) is 34.4. The largest absolute Gasteiger partial charge is 0.396 e. The fourth-order valence-corrected chi connectivity index (χ4v) is 13.2. The van der Waals surface area contributed by atoms with Gasteiger partial charge in [-0.2, -0.15) is 0 Å². The fraction of sp³-hybridized carbons (Fsp3) is 0.952. The topological polar surface area (TPSA) is 259 Å². The summed E-state index contributed by atoms with van der Waals surface area (Å²) in [6.07, 6.45) is -6.78. The number of allylic oxidation sites excluding steroid dienone is 1. The van der Waals surface area contributed by atoms with Crippen LogP contribution in [0.2, 0.25) is 0 Å². The van der Waals surface area contributed by atoms with Crippen molar-refractivity contribution in [2.75, 3.05) is 33.0 Å². The second-order valence-corrected chi connectivity index (χ2v) is 19.8. The van der Waals surface area contributed by atoms with Gasteiger partial charge in [0.25, 0.3) is 0 Å². The van der Waals surface area contributed by atoms with Crippen LogP contribution in [-0.4, -0.2) is 163 Å². The number of hydrogen-bond acceptors (Lipinski definition) is 15. The monoisotopic (exact) mass is 816 g/mol. The summed E-state index contributed by atoms with van der Waals surface area (Å²) < 4.78 is 24.5. The van der Waals surface area contributed by atoms with E-state index in [2.05, 4.69) is 20.8 Å². The fourth-order valence-electron chi connectivity index (χ4n) is 13.2. The average molecular weight is 817 g/mol. The van der Waals surface area contributed by atoms with E-state index in [1.165, 1.54) is 0 Å². The highest BCUT2D eigenvalue weighted by Crippen LogP contribution is 2.75. The molecule has 4 aliphatic carbocycles. The van der Waals surface area contributed by atoms with Crippen molar-refractivity contribution in [3.63, 3.8) is 0 Å². The van der Waals surface area contributed by atoms with E-state index in [9.17, 15) is 56.2 Å². The molecule has 0 radical (unpaired) electrons. The summed E-state index contributed by atoms with van der Waals surface area (Å²) in [6, 6.07) is 0. The van der Waals surface area contributed by atoms with Crippen molar-refractivity contribution < 1.29 is 75.1 Å². The molecule has 2 aliphatic heterocycles. The molecule has 4 saturated carbocycles. The predicted molar refractivity (Wildman–Crippen MR) is 204 cm³/mol. The second-order valence-electron chi connectivity index (χ2n) is 19.8. The normalized spacial score (nSPS) is 53.1.